The lowest BCUT2D eigenvalue weighted by Crippen LogP contribution is -2.05. The molecule has 1 N–H and O–H groups in total. The highest BCUT2D eigenvalue weighted by atomic mass is 16.1. The number of nitrogens with one attached hydrogen (secondary N) is 1. The Morgan fingerprint density at radius 3 is 2.78 bits per heavy atom. The second-order valence-corrected chi connectivity index (χ2v) is 4.61. The van der Waals surface area contributed by atoms with Crippen molar-refractivity contribution in [2.24, 2.45) is 0 Å². The lowest BCUT2D eigenvalue weighted by atomic mass is 10.1. The predicted octanol–water partition coefficient (Wildman–Crippen LogP) is 2.83. The summed E-state index contributed by atoms with van der Waals surface area (Å²) >= 11 is 0. The van der Waals surface area contributed by atoms with Gasteiger partial charge in [0.15, 0.2) is 5.43 Å². The molecule has 1 aromatic heterocycles. The maximum Gasteiger partial charge on any atom is 0.189 e. The van der Waals surface area contributed by atoms with Crippen LogP contribution < -0.4 is 5.43 Å². The minimum absolute atomic E-state index is 0.0610. The lowest BCUT2D eigenvalue weighted by Gasteiger charge is -2.04. The van der Waals surface area contributed by atoms with E-state index in [1.54, 1.807) is 13.0 Å². The van der Waals surface area contributed by atoms with Crippen molar-refractivity contribution < 1.29 is 4.79 Å². The predicted molar refractivity (Wildman–Crippen MR) is 72.8 cm³/mol. The van der Waals surface area contributed by atoms with Crippen molar-refractivity contribution in [1.82, 2.24) is 4.98 Å². The highest BCUT2D eigenvalue weighted by Gasteiger charge is 2.01. The summed E-state index contributed by atoms with van der Waals surface area (Å²) in [5.74, 6) is 0.224. The molecule has 0 aliphatic carbocycles. The molecule has 0 spiro atoms. The zero-order valence-corrected chi connectivity index (χ0v) is 10.5. The number of aromatic amines is 1. The molecule has 0 aliphatic heterocycles. The summed E-state index contributed by atoms with van der Waals surface area (Å²) in [6, 6.07) is 9.18. The number of pyridine rings is 1. The van der Waals surface area contributed by atoms with Crippen LogP contribution in [0, 0.1) is 0 Å². The third-order valence-corrected chi connectivity index (χ3v) is 3.02. The molecule has 0 bridgehead atoms. The summed E-state index contributed by atoms with van der Waals surface area (Å²) in [5.41, 5.74) is 1.89. The van der Waals surface area contributed by atoms with Gasteiger partial charge >= 0.3 is 0 Å². The van der Waals surface area contributed by atoms with E-state index in [2.05, 4.69) is 4.98 Å². The Morgan fingerprint density at radius 1 is 1.22 bits per heavy atom. The third-order valence-electron chi connectivity index (χ3n) is 3.02. The number of hydrogen-bond donors (Lipinski definition) is 1. The zero-order chi connectivity index (χ0) is 13.0. The summed E-state index contributed by atoms with van der Waals surface area (Å²) in [7, 11) is 0. The van der Waals surface area contributed by atoms with Crippen LogP contribution in [0.3, 0.4) is 0 Å². The Balaban J connectivity index is 2.10. The van der Waals surface area contributed by atoms with Gasteiger partial charge in [0.2, 0.25) is 0 Å². The van der Waals surface area contributed by atoms with Crippen LogP contribution in [0.5, 0.6) is 0 Å². The van der Waals surface area contributed by atoms with E-state index in [0.717, 1.165) is 35.9 Å². The number of H-pyrrole nitrogens is 1. The van der Waals surface area contributed by atoms with E-state index in [-0.39, 0.29) is 11.2 Å². The normalized spacial score (nSPS) is 10.7. The number of carbonyl (C=O) groups is 1. The largest absolute Gasteiger partial charge is 0.358 e. The SMILES string of the molecule is CC(=O)CCCCc1cc(=O)c2ccccc2[nH]1. The van der Waals surface area contributed by atoms with E-state index in [4.69, 9.17) is 0 Å². The molecule has 0 unspecified atom stereocenters. The molecule has 2 aromatic rings. The molecular weight excluding hydrogens is 226 g/mol. The van der Waals surface area contributed by atoms with Gasteiger partial charge in [0.05, 0.1) is 0 Å². The fourth-order valence-corrected chi connectivity index (χ4v) is 2.08. The number of para-hydroxylation sites is 1. The maximum atomic E-state index is 11.9. The van der Waals surface area contributed by atoms with Gasteiger partial charge in [-0.3, -0.25) is 4.79 Å². The van der Waals surface area contributed by atoms with Crippen LogP contribution in [0.25, 0.3) is 10.9 Å². The molecule has 0 aliphatic rings. The quantitative estimate of drug-likeness (QED) is 0.821. The van der Waals surface area contributed by atoms with E-state index in [9.17, 15) is 9.59 Å². The van der Waals surface area contributed by atoms with Crippen LogP contribution in [0.4, 0.5) is 0 Å². The highest BCUT2D eigenvalue weighted by molar-refractivity contribution is 5.78. The van der Waals surface area contributed by atoms with Crippen molar-refractivity contribution in [2.45, 2.75) is 32.6 Å². The number of hydrogen-bond acceptors (Lipinski definition) is 2. The Morgan fingerprint density at radius 2 is 2.00 bits per heavy atom. The van der Waals surface area contributed by atoms with Gasteiger partial charge < -0.3 is 9.78 Å². The monoisotopic (exact) mass is 243 g/mol. The molecule has 18 heavy (non-hydrogen) atoms. The van der Waals surface area contributed by atoms with E-state index in [0.29, 0.717) is 6.42 Å². The number of aromatic nitrogens is 1. The Kier molecular flexibility index (Phi) is 3.92. The topological polar surface area (TPSA) is 49.9 Å². The second-order valence-electron chi connectivity index (χ2n) is 4.61. The van der Waals surface area contributed by atoms with Crippen LogP contribution in [0.2, 0.25) is 0 Å². The van der Waals surface area contributed by atoms with Gasteiger partial charge in [-0.2, -0.15) is 0 Å². The standard InChI is InChI=1S/C15H17NO2/c1-11(17)6-2-3-7-12-10-15(18)13-8-4-5-9-14(13)16-12/h4-5,8-10H,2-3,6-7H2,1H3,(H,16,18). The second kappa shape index (κ2) is 5.63. The lowest BCUT2D eigenvalue weighted by molar-refractivity contribution is -0.117. The molecule has 3 nitrogen and oxygen atoms in total. The number of benzene rings is 1. The minimum Gasteiger partial charge on any atom is -0.358 e. The van der Waals surface area contributed by atoms with Gasteiger partial charge in [-0.05, 0) is 38.3 Å². The van der Waals surface area contributed by atoms with Crippen LogP contribution in [-0.2, 0) is 11.2 Å². The summed E-state index contributed by atoms with van der Waals surface area (Å²) in [6.07, 6.45) is 3.24. The summed E-state index contributed by atoms with van der Waals surface area (Å²) in [4.78, 5) is 26.0. The first-order valence-corrected chi connectivity index (χ1v) is 6.27. The van der Waals surface area contributed by atoms with Crippen molar-refractivity contribution >= 4 is 16.7 Å². The number of fused-ring (bicyclic) bond motifs is 1. The molecule has 0 radical (unpaired) electrons. The molecule has 0 saturated carbocycles. The molecule has 0 saturated heterocycles. The molecule has 0 atom stereocenters. The molecule has 2 rings (SSSR count). The molecule has 1 heterocycles. The number of rotatable bonds is 5. The van der Waals surface area contributed by atoms with Crippen LogP contribution >= 0.6 is 0 Å². The van der Waals surface area contributed by atoms with Gasteiger partial charge in [0.1, 0.15) is 5.78 Å². The zero-order valence-electron chi connectivity index (χ0n) is 10.5. The maximum absolute atomic E-state index is 11.9. The van der Waals surface area contributed by atoms with Gasteiger partial charge in [0.25, 0.3) is 0 Å². The van der Waals surface area contributed by atoms with Gasteiger partial charge in [-0.25, -0.2) is 0 Å². The number of carbonyl (C=O) groups excluding carboxylic acids is 1. The minimum atomic E-state index is 0.0610. The third kappa shape index (κ3) is 3.06. The highest BCUT2D eigenvalue weighted by Crippen LogP contribution is 2.09. The Hall–Kier alpha value is -1.90. The van der Waals surface area contributed by atoms with Gasteiger partial charge in [-0.1, -0.05) is 12.1 Å². The van der Waals surface area contributed by atoms with E-state index >= 15 is 0 Å². The summed E-state index contributed by atoms with van der Waals surface area (Å²) in [5, 5.41) is 0.727. The molecule has 94 valence electrons. The van der Waals surface area contributed by atoms with Crippen molar-refractivity contribution in [3.63, 3.8) is 0 Å². The number of unbranched alkanes of at least 4 members (excludes halogenated alkanes) is 1. The fourth-order valence-electron chi connectivity index (χ4n) is 2.08. The number of aryl methyl sites for hydroxylation is 1. The van der Waals surface area contributed by atoms with Crippen molar-refractivity contribution in [3.05, 3.63) is 46.2 Å². The Labute approximate surface area is 106 Å². The van der Waals surface area contributed by atoms with Crippen LogP contribution in [-0.4, -0.2) is 10.8 Å². The molecule has 0 amide bonds. The molecular formula is C15H17NO2. The number of Topliss-reactive ketones (excluding diaryl/α,β-unsaturated/α-hetero) is 1. The van der Waals surface area contributed by atoms with Gasteiger partial charge in [0, 0.05) is 29.1 Å². The van der Waals surface area contributed by atoms with Crippen LogP contribution in [0.15, 0.2) is 35.1 Å². The average molecular weight is 243 g/mol. The van der Waals surface area contributed by atoms with Crippen LogP contribution in [0.1, 0.15) is 31.9 Å². The summed E-state index contributed by atoms with van der Waals surface area (Å²) in [6.45, 7) is 1.61. The van der Waals surface area contributed by atoms with Crippen molar-refractivity contribution in [3.8, 4) is 0 Å². The molecule has 0 fully saturated rings. The molecule has 3 heteroatoms. The number of ketones is 1. The van der Waals surface area contributed by atoms with Crippen molar-refractivity contribution in [1.29, 1.82) is 0 Å². The smallest absolute Gasteiger partial charge is 0.189 e. The first-order chi connectivity index (χ1) is 8.66. The summed E-state index contributed by atoms with van der Waals surface area (Å²) < 4.78 is 0. The van der Waals surface area contributed by atoms with Crippen molar-refractivity contribution in [2.75, 3.05) is 0 Å². The van der Waals surface area contributed by atoms with Gasteiger partial charge in [-0.15, -0.1) is 0 Å². The first-order valence-electron chi connectivity index (χ1n) is 6.27. The first kappa shape index (κ1) is 12.6. The fraction of sp³-hybridized carbons (Fsp3) is 0.333. The van der Waals surface area contributed by atoms with E-state index < -0.39 is 0 Å². The average Bonchev–Trinajstić information content (AvgIpc) is 2.35. The molecule has 1 aromatic carbocycles. The van der Waals surface area contributed by atoms with E-state index in [1.165, 1.54) is 0 Å². The van der Waals surface area contributed by atoms with E-state index in [1.807, 2.05) is 24.3 Å². The Bertz CT molecular complexity index is 613.